The summed E-state index contributed by atoms with van der Waals surface area (Å²) in [7, 11) is 0. The fraction of sp³-hybridized carbons (Fsp3) is 0.300. The zero-order valence-electron chi connectivity index (χ0n) is 8.07. The summed E-state index contributed by atoms with van der Waals surface area (Å²) in [5, 5.41) is 0. The van der Waals surface area contributed by atoms with E-state index in [1.807, 2.05) is 0 Å². The van der Waals surface area contributed by atoms with Crippen LogP contribution in [0.3, 0.4) is 0 Å². The minimum Gasteiger partial charge on any atom is -0.294 e. The molecule has 0 N–H and O–H groups in total. The zero-order chi connectivity index (χ0) is 11.8. The van der Waals surface area contributed by atoms with Crippen LogP contribution in [-0.2, 0) is 6.18 Å². The van der Waals surface area contributed by atoms with Crippen LogP contribution >= 0.6 is 15.9 Å². The molecule has 0 saturated heterocycles. The first-order chi connectivity index (χ1) is 6.75. The van der Waals surface area contributed by atoms with Gasteiger partial charge in [-0.3, -0.25) is 4.79 Å². The maximum Gasteiger partial charge on any atom is 0.417 e. The number of hydrogen-bond donors (Lipinski definition) is 0. The van der Waals surface area contributed by atoms with Crippen molar-refractivity contribution in [3.05, 3.63) is 33.3 Å². The molecule has 0 radical (unpaired) electrons. The number of Topliss-reactive ketones (excluding diaryl/α,β-unsaturated/α-hetero) is 1. The molecule has 1 aromatic rings. The molecule has 0 atom stereocenters. The van der Waals surface area contributed by atoms with Crippen LogP contribution < -0.4 is 0 Å². The molecule has 0 unspecified atom stereocenters. The van der Waals surface area contributed by atoms with E-state index in [9.17, 15) is 18.0 Å². The third-order valence-electron chi connectivity index (χ3n) is 2.06. The molecule has 82 valence electrons. The fourth-order valence-electron chi connectivity index (χ4n) is 1.38. The summed E-state index contributed by atoms with van der Waals surface area (Å²) >= 11 is 3.10. The van der Waals surface area contributed by atoms with E-state index in [0.29, 0.717) is 10.0 Å². The van der Waals surface area contributed by atoms with Gasteiger partial charge in [-0.05, 0) is 31.5 Å². The topological polar surface area (TPSA) is 17.1 Å². The van der Waals surface area contributed by atoms with E-state index in [1.54, 1.807) is 0 Å². The summed E-state index contributed by atoms with van der Waals surface area (Å²) in [6.45, 7) is 2.61. The Morgan fingerprint density at radius 2 is 1.87 bits per heavy atom. The van der Waals surface area contributed by atoms with E-state index in [2.05, 4.69) is 15.9 Å². The van der Waals surface area contributed by atoms with Gasteiger partial charge in [-0.15, -0.1) is 0 Å². The lowest BCUT2D eigenvalue weighted by Gasteiger charge is -2.14. The highest BCUT2D eigenvalue weighted by atomic mass is 79.9. The molecular weight excluding hydrogens is 273 g/mol. The number of ketones is 1. The van der Waals surface area contributed by atoms with Gasteiger partial charge in [-0.1, -0.05) is 15.9 Å². The van der Waals surface area contributed by atoms with Crippen LogP contribution in [0.4, 0.5) is 13.2 Å². The van der Waals surface area contributed by atoms with Gasteiger partial charge in [-0.25, -0.2) is 0 Å². The number of hydrogen-bond acceptors (Lipinski definition) is 1. The molecule has 0 bridgehead atoms. The molecule has 1 rings (SSSR count). The summed E-state index contributed by atoms with van der Waals surface area (Å²) in [6, 6.07) is 2.21. The van der Waals surface area contributed by atoms with Crippen molar-refractivity contribution in [1.82, 2.24) is 0 Å². The predicted molar refractivity (Wildman–Crippen MR) is 53.9 cm³/mol. The van der Waals surface area contributed by atoms with Crippen LogP contribution in [0, 0.1) is 6.92 Å². The maximum atomic E-state index is 12.6. The average molecular weight is 281 g/mol. The second-order valence-corrected chi connectivity index (χ2v) is 4.00. The van der Waals surface area contributed by atoms with Gasteiger partial charge in [0.05, 0.1) is 5.56 Å². The standard InChI is InChI=1S/C10H8BrF3O/c1-5-8(11)4-3-7(10(12,13)14)9(5)6(2)15/h3-4H,1-2H3. The summed E-state index contributed by atoms with van der Waals surface area (Å²) in [6.07, 6.45) is -4.49. The van der Waals surface area contributed by atoms with Gasteiger partial charge in [0, 0.05) is 10.0 Å². The molecule has 1 nitrogen and oxygen atoms in total. The molecule has 5 heteroatoms. The number of halogens is 4. The molecule has 15 heavy (non-hydrogen) atoms. The highest BCUT2D eigenvalue weighted by Crippen LogP contribution is 2.35. The molecule has 0 saturated carbocycles. The molecule has 0 aliphatic rings. The van der Waals surface area contributed by atoms with E-state index in [1.165, 1.54) is 13.0 Å². The van der Waals surface area contributed by atoms with Crippen LogP contribution in [0.5, 0.6) is 0 Å². The molecular formula is C10H8BrF3O. The summed E-state index contributed by atoms with van der Waals surface area (Å²) in [5.74, 6) is -0.582. The quantitative estimate of drug-likeness (QED) is 0.711. The van der Waals surface area contributed by atoms with Crippen molar-refractivity contribution in [2.45, 2.75) is 20.0 Å². The van der Waals surface area contributed by atoms with Gasteiger partial charge in [0.25, 0.3) is 0 Å². The lowest BCUT2D eigenvalue weighted by molar-refractivity contribution is -0.137. The van der Waals surface area contributed by atoms with Gasteiger partial charge in [0.2, 0.25) is 0 Å². The van der Waals surface area contributed by atoms with Crippen molar-refractivity contribution in [3.8, 4) is 0 Å². The first kappa shape index (κ1) is 12.2. The maximum absolute atomic E-state index is 12.6. The molecule has 0 amide bonds. The Morgan fingerprint density at radius 3 is 2.27 bits per heavy atom. The van der Waals surface area contributed by atoms with Crippen molar-refractivity contribution < 1.29 is 18.0 Å². The van der Waals surface area contributed by atoms with Crippen LogP contribution in [0.1, 0.15) is 28.4 Å². The molecule has 1 aromatic carbocycles. The van der Waals surface area contributed by atoms with E-state index in [4.69, 9.17) is 0 Å². The van der Waals surface area contributed by atoms with Crippen LogP contribution in [0.15, 0.2) is 16.6 Å². The van der Waals surface area contributed by atoms with E-state index < -0.39 is 17.5 Å². The van der Waals surface area contributed by atoms with Crippen molar-refractivity contribution in [2.75, 3.05) is 0 Å². The zero-order valence-corrected chi connectivity index (χ0v) is 9.66. The van der Waals surface area contributed by atoms with Crippen LogP contribution in [0.25, 0.3) is 0 Å². The number of benzene rings is 1. The van der Waals surface area contributed by atoms with Crippen molar-refractivity contribution in [2.24, 2.45) is 0 Å². The monoisotopic (exact) mass is 280 g/mol. The van der Waals surface area contributed by atoms with Crippen molar-refractivity contribution >= 4 is 21.7 Å². The molecule has 0 aliphatic carbocycles. The average Bonchev–Trinajstić information content (AvgIpc) is 2.06. The fourth-order valence-corrected chi connectivity index (χ4v) is 1.71. The predicted octanol–water partition coefficient (Wildman–Crippen LogP) is 3.98. The number of rotatable bonds is 1. The SMILES string of the molecule is CC(=O)c1c(C(F)(F)F)ccc(Br)c1C. The number of alkyl halides is 3. The van der Waals surface area contributed by atoms with Gasteiger partial charge in [0.1, 0.15) is 0 Å². The van der Waals surface area contributed by atoms with Gasteiger partial charge in [-0.2, -0.15) is 13.2 Å². The van der Waals surface area contributed by atoms with Crippen LogP contribution in [-0.4, -0.2) is 5.78 Å². The van der Waals surface area contributed by atoms with Gasteiger partial charge in [0.15, 0.2) is 5.78 Å². The number of carbonyl (C=O) groups excluding carboxylic acids is 1. The molecule has 0 spiro atoms. The molecule has 0 aromatic heterocycles. The first-order valence-electron chi connectivity index (χ1n) is 4.12. The minimum atomic E-state index is -4.49. The van der Waals surface area contributed by atoms with Crippen molar-refractivity contribution in [3.63, 3.8) is 0 Å². The number of carbonyl (C=O) groups is 1. The molecule has 0 heterocycles. The van der Waals surface area contributed by atoms with Gasteiger partial charge >= 0.3 is 6.18 Å². The largest absolute Gasteiger partial charge is 0.417 e. The second kappa shape index (κ2) is 3.96. The van der Waals surface area contributed by atoms with Crippen molar-refractivity contribution in [1.29, 1.82) is 0 Å². The van der Waals surface area contributed by atoms with Gasteiger partial charge < -0.3 is 0 Å². The highest BCUT2D eigenvalue weighted by Gasteiger charge is 2.35. The first-order valence-corrected chi connectivity index (χ1v) is 4.91. The van der Waals surface area contributed by atoms with E-state index in [-0.39, 0.29) is 5.56 Å². The molecule has 0 fully saturated rings. The Hall–Kier alpha value is -0.840. The third-order valence-corrected chi connectivity index (χ3v) is 2.92. The summed E-state index contributed by atoms with van der Waals surface area (Å²) in [5.41, 5.74) is -0.829. The Morgan fingerprint density at radius 1 is 1.33 bits per heavy atom. The normalized spacial score (nSPS) is 11.6. The van der Waals surface area contributed by atoms with Crippen LogP contribution in [0.2, 0.25) is 0 Å². The Balaban J connectivity index is 3.55. The summed E-state index contributed by atoms with van der Waals surface area (Å²) < 4.78 is 38.2. The second-order valence-electron chi connectivity index (χ2n) is 3.15. The highest BCUT2D eigenvalue weighted by molar-refractivity contribution is 9.10. The Labute approximate surface area is 93.4 Å². The third kappa shape index (κ3) is 2.40. The van der Waals surface area contributed by atoms with E-state index in [0.717, 1.165) is 13.0 Å². The Kier molecular flexibility index (Phi) is 3.23. The Bertz CT molecular complexity index is 410. The minimum absolute atomic E-state index is 0.267. The smallest absolute Gasteiger partial charge is 0.294 e. The van der Waals surface area contributed by atoms with E-state index >= 15 is 0 Å². The lowest BCUT2D eigenvalue weighted by atomic mass is 9.98. The molecule has 0 aliphatic heterocycles. The lowest BCUT2D eigenvalue weighted by Crippen LogP contribution is -2.13. The summed E-state index contributed by atoms with van der Waals surface area (Å²) in [4.78, 5) is 11.2.